The zero-order chi connectivity index (χ0) is 12.3. The molecule has 0 aliphatic heterocycles. The number of nitrogens with two attached hydrogens (primary N) is 1. The molecule has 5 nitrogen and oxygen atoms in total. The van der Waals surface area contributed by atoms with Crippen LogP contribution < -0.4 is 11.1 Å². The number of halogens is 1. The molecule has 2 aromatic rings. The second kappa shape index (κ2) is 5.09. The Labute approximate surface area is 108 Å². The summed E-state index contributed by atoms with van der Waals surface area (Å²) in [6.45, 7) is 2.03. The molecule has 0 bridgehead atoms. The van der Waals surface area contributed by atoms with Crippen LogP contribution in [0.5, 0.6) is 0 Å². The van der Waals surface area contributed by atoms with Crippen molar-refractivity contribution in [2.75, 3.05) is 11.1 Å². The monoisotopic (exact) mass is 293 g/mol. The van der Waals surface area contributed by atoms with Crippen molar-refractivity contribution in [3.63, 3.8) is 0 Å². The van der Waals surface area contributed by atoms with E-state index in [1.807, 2.05) is 31.2 Å². The first-order chi connectivity index (χ1) is 8.15. The summed E-state index contributed by atoms with van der Waals surface area (Å²) >= 11 is 3.40. The molecular weight excluding hydrogens is 282 g/mol. The van der Waals surface area contributed by atoms with Crippen LogP contribution >= 0.6 is 15.9 Å². The third-order valence-electron chi connectivity index (χ3n) is 2.31. The lowest BCUT2D eigenvalue weighted by atomic mass is 10.1. The quantitative estimate of drug-likeness (QED) is 0.909. The number of nitrogens with zero attached hydrogens (tertiary/aromatic N) is 3. The maximum Gasteiger partial charge on any atom is 0.227 e. The Morgan fingerprint density at radius 3 is 2.59 bits per heavy atom. The van der Waals surface area contributed by atoms with E-state index in [1.165, 1.54) is 6.33 Å². The van der Waals surface area contributed by atoms with Crippen LogP contribution in [0, 0.1) is 0 Å². The lowest BCUT2D eigenvalue weighted by Gasteiger charge is -2.13. The minimum Gasteiger partial charge on any atom is -0.368 e. The number of rotatable bonds is 3. The van der Waals surface area contributed by atoms with Gasteiger partial charge in [0.2, 0.25) is 11.9 Å². The zero-order valence-electron chi connectivity index (χ0n) is 9.26. The van der Waals surface area contributed by atoms with Crippen molar-refractivity contribution in [2.45, 2.75) is 13.0 Å². The first-order valence-corrected chi connectivity index (χ1v) is 5.91. The highest BCUT2D eigenvalue weighted by molar-refractivity contribution is 9.10. The maximum absolute atomic E-state index is 5.48. The van der Waals surface area contributed by atoms with E-state index >= 15 is 0 Å². The van der Waals surface area contributed by atoms with Gasteiger partial charge in [0.1, 0.15) is 6.33 Å². The van der Waals surface area contributed by atoms with Gasteiger partial charge in [0.05, 0.1) is 6.04 Å². The normalized spacial score (nSPS) is 12.1. The molecule has 0 radical (unpaired) electrons. The van der Waals surface area contributed by atoms with Crippen LogP contribution in [0.25, 0.3) is 0 Å². The van der Waals surface area contributed by atoms with Crippen molar-refractivity contribution < 1.29 is 0 Å². The van der Waals surface area contributed by atoms with Gasteiger partial charge in [-0.2, -0.15) is 4.98 Å². The largest absolute Gasteiger partial charge is 0.368 e. The third kappa shape index (κ3) is 3.13. The van der Waals surface area contributed by atoms with Crippen LogP contribution in [0.4, 0.5) is 11.9 Å². The molecule has 1 unspecified atom stereocenters. The fourth-order valence-corrected chi connectivity index (χ4v) is 1.67. The highest BCUT2D eigenvalue weighted by atomic mass is 79.9. The summed E-state index contributed by atoms with van der Waals surface area (Å²) in [4.78, 5) is 11.7. The molecule has 0 spiro atoms. The van der Waals surface area contributed by atoms with Gasteiger partial charge in [-0.15, -0.1) is 0 Å². The highest BCUT2D eigenvalue weighted by Gasteiger charge is 2.06. The lowest BCUT2D eigenvalue weighted by molar-refractivity contribution is 0.855. The van der Waals surface area contributed by atoms with Crippen LogP contribution in [0.15, 0.2) is 35.1 Å². The molecule has 0 fully saturated rings. The molecule has 6 heteroatoms. The van der Waals surface area contributed by atoms with Crippen molar-refractivity contribution in [1.29, 1.82) is 0 Å². The number of anilines is 2. The summed E-state index contributed by atoms with van der Waals surface area (Å²) in [5.41, 5.74) is 6.63. The van der Waals surface area contributed by atoms with Gasteiger partial charge in [-0.3, -0.25) is 0 Å². The molecule has 1 atom stereocenters. The first-order valence-electron chi connectivity index (χ1n) is 5.11. The van der Waals surface area contributed by atoms with E-state index in [-0.39, 0.29) is 12.0 Å². The molecule has 0 amide bonds. The van der Waals surface area contributed by atoms with Crippen molar-refractivity contribution in [3.05, 3.63) is 40.6 Å². The summed E-state index contributed by atoms with van der Waals surface area (Å²) in [5.74, 6) is 0.693. The topological polar surface area (TPSA) is 76.7 Å². The summed E-state index contributed by atoms with van der Waals surface area (Å²) in [5, 5.41) is 3.16. The molecule has 0 saturated heterocycles. The van der Waals surface area contributed by atoms with E-state index in [4.69, 9.17) is 5.73 Å². The standard InChI is InChI=1S/C11H12BrN5/c1-7(8-2-4-9(12)5-3-8)16-11-15-6-14-10(13)17-11/h2-7H,1H3,(H3,13,14,15,16,17). The number of hydrogen-bond acceptors (Lipinski definition) is 5. The van der Waals surface area contributed by atoms with Crippen molar-refractivity contribution in [2.24, 2.45) is 0 Å². The number of aromatic nitrogens is 3. The molecule has 88 valence electrons. The highest BCUT2D eigenvalue weighted by Crippen LogP contribution is 2.19. The Morgan fingerprint density at radius 2 is 1.94 bits per heavy atom. The number of nitrogen functional groups attached to an aromatic ring is 1. The van der Waals surface area contributed by atoms with E-state index < -0.39 is 0 Å². The lowest BCUT2D eigenvalue weighted by Crippen LogP contribution is -2.10. The fourth-order valence-electron chi connectivity index (χ4n) is 1.41. The summed E-state index contributed by atoms with van der Waals surface area (Å²) in [7, 11) is 0. The second-order valence-electron chi connectivity index (χ2n) is 3.58. The minimum atomic E-state index is 0.102. The third-order valence-corrected chi connectivity index (χ3v) is 2.83. The summed E-state index contributed by atoms with van der Waals surface area (Å²) in [6, 6.07) is 8.16. The average Bonchev–Trinajstić information content (AvgIpc) is 2.29. The Morgan fingerprint density at radius 1 is 1.24 bits per heavy atom. The maximum atomic E-state index is 5.48. The molecule has 0 aliphatic carbocycles. The van der Waals surface area contributed by atoms with Crippen LogP contribution in [0.2, 0.25) is 0 Å². The molecule has 17 heavy (non-hydrogen) atoms. The Bertz CT molecular complexity index is 499. The van der Waals surface area contributed by atoms with Gasteiger partial charge < -0.3 is 11.1 Å². The Kier molecular flexibility index (Phi) is 3.53. The fraction of sp³-hybridized carbons (Fsp3) is 0.182. The minimum absolute atomic E-state index is 0.102. The van der Waals surface area contributed by atoms with Crippen molar-refractivity contribution in [1.82, 2.24) is 15.0 Å². The van der Waals surface area contributed by atoms with E-state index in [1.54, 1.807) is 0 Å². The predicted molar refractivity (Wildman–Crippen MR) is 70.4 cm³/mol. The van der Waals surface area contributed by atoms with Crippen LogP contribution in [0.1, 0.15) is 18.5 Å². The molecule has 3 N–H and O–H groups in total. The zero-order valence-corrected chi connectivity index (χ0v) is 10.8. The predicted octanol–water partition coefficient (Wildman–Crippen LogP) is 2.39. The van der Waals surface area contributed by atoms with Gasteiger partial charge in [0.15, 0.2) is 0 Å². The summed E-state index contributed by atoms with van der Waals surface area (Å²) < 4.78 is 1.05. The molecule has 1 heterocycles. The van der Waals surface area contributed by atoms with Gasteiger partial charge in [-0.25, -0.2) is 9.97 Å². The second-order valence-corrected chi connectivity index (χ2v) is 4.50. The molecule has 2 rings (SSSR count). The van der Waals surface area contributed by atoms with Gasteiger partial charge in [0, 0.05) is 4.47 Å². The van der Waals surface area contributed by atoms with E-state index in [0.717, 1.165) is 10.0 Å². The summed E-state index contributed by atoms with van der Waals surface area (Å²) in [6.07, 6.45) is 1.39. The van der Waals surface area contributed by atoms with Crippen LogP contribution in [-0.4, -0.2) is 15.0 Å². The Balaban J connectivity index is 2.11. The van der Waals surface area contributed by atoms with Gasteiger partial charge in [-0.1, -0.05) is 28.1 Å². The van der Waals surface area contributed by atoms with E-state index in [0.29, 0.717) is 5.95 Å². The van der Waals surface area contributed by atoms with Gasteiger partial charge in [0.25, 0.3) is 0 Å². The Hall–Kier alpha value is -1.69. The van der Waals surface area contributed by atoms with Crippen molar-refractivity contribution >= 4 is 27.8 Å². The smallest absolute Gasteiger partial charge is 0.227 e. The molecule has 0 aliphatic rings. The average molecular weight is 294 g/mol. The van der Waals surface area contributed by atoms with Gasteiger partial charge in [-0.05, 0) is 24.6 Å². The first kappa shape index (κ1) is 11.8. The SMILES string of the molecule is CC(Nc1ncnc(N)n1)c1ccc(Br)cc1. The molecule has 1 aromatic carbocycles. The number of nitrogens with one attached hydrogen (secondary N) is 1. The van der Waals surface area contributed by atoms with Gasteiger partial charge >= 0.3 is 0 Å². The molecular formula is C11H12BrN5. The van der Waals surface area contributed by atoms with Crippen LogP contribution in [-0.2, 0) is 0 Å². The number of benzene rings is 1. The van der Waals surface area contributed by atoms with E-state index in [9.17, 15) is 0 Å². The molecule has 1 aromatic heterocycles. The molecule has 0 saturated carbocycles. The van der Waals surface area contributed by atoms with Crippen molar-refractivity contribution in [3.8, 4) is 0 Å². The van der Waals surface area contributed by atoms with Crippen LogP contribution in [0.3, 0.4) is 0 Å². The number of hydrogen-bond donors (Lipinski definition) is 2. The van der Waals surface area contributed by atoms with E-state index in [2.05, 4.69) is 36.2 Å².